The summed E-state index contributed by atoms with van der Waals surface area (Å²) in [6.07, 6.45) is 0.185. The predicted molar refractivity (Wildman–Crippen MR) is 111 cm³/mol. The first-order valence-electron chi connectivity index (χ1n) is 9.79. The molecule has 2 aromatic rings. The van der Waals surface area contributed by atoms with Gasteiger partial charge in [0.15, 0.2) is 5.96 Å². The first kappa shape index (κ1) is 21.8. The Labute approximate surface area is 167 Å². The minimum atomic E-state index is -0.700. The summed E-state index contributed by atoms with van der Waals surface area (Å²) < 4.78 is 10.9. The van der Waals surface area contributed by atoms with Gasteiger partial charge in [-0.05, 0) is 58.7 Å². The standard InChI is InChI=1S/C21H32N4O3/c1-6-22-21(23-11-10-19-15(4)25-28-16(19)5)24-13-20(26)17-8-7-9-18(12-17)27-14(2)3/h7-9,12,14,20,26H,6,10-11,13H2,1-5H3,(H2,22,23,24). The van der Waals surface area contributed by atoms with Crippen molar-refractivity contribution in [2.24, 2.45) is 4.99 Å². The van der Waals surface area contributed by atoms with E-state index in [2.05, 4.69) is 20.8 Å². The SMILES string of the molecule is CCNC(=NCC(O)c1cccc(OC(C)C)c1)NCCc1c(C)noc1C. The van der Waals surface area contributed by atoms with Gasteiger partial charge in [0.1, 0.15) is 11.5 Å². The minimum absolute atomic E-state index is 0.0904. The van der Waals surface area contributed by atoms with Crippen LogP contribution in [0.5, 0.6) is 5.75 Å². The van der Waals surface area contributed by atoms with E-state index in [4.69, 9.17) is 9.26 Å². The maximum absolute atomic E-state index is 10.5. The summed E-state index contributed by atoms with van der Waals surface area (Å²) in [5.41, 5.74) is 2.82. The third-order valence-electron chi connectivity index (χ3n) is 4.23. The molecule has 7 heteroatoms. The number of benzene rings is 1. The molecule has 0 aliphatic heterocycles. The molecule has 0 saturated carbocycles. The first-order chi connectivity index (χ1) is 13.4. The van der Waals surface area contributed by atoms with Crippen molar-refractivity contribution in [3.05, 3.63) is 46.8 Å². The summed E-state index contributed by atoms with van der Waals surface area (Å²) in [5, 5.41) is 21.0. The molecule has 1 unspecified atom stereocenters. The third kappa shape index (κ3) is 6.56. The molecule has 1 aromatic heterocycles. The second kappa shape index (κ2) is 10.7. The summed E-state index contributed by atoms with van der Waals surface area (Å²) in [5.74, 6) is 2.27. The molecule has 7 nitrogen and oxygen atoms in total. The Morgan fingerprint density at radius 1 is 1.29 bits per heavy atom. The van der Waals surface area contributed by atoms with Gasteiger partial charge in [-0.25, -0.2) is 0 Å². The van der Waals surface area contributed by atoms with Gasteiger partial charge in [-0.2, -0.15) is 0 Å². The van der Waals surface area contributed by atoms with Crippen LogP contribution in [0.25, 0.3) is 0 Å². The van der Waals surface area contributed by atoms with Gasteiger partial charge in [0.2, 0.25) is 0 Å². The first-order valence-corrected chi connectivity index (χ1v) is 9.79. The van der Waals surface area contributed by atoms with Crippen LogP contribution in [0, 0.1) is 13.8 Å². The number of aliphatic hydroxyl groups excluding tert-OH is 1. The number of ether oxygens (including phenoxy) is 1. The second-order valence-electron chi connectivity index (χ2n) is 6.95. The van der Waals surface area contributed by atoms with Crippen molar-refractivity contribution in [1.82, 2.24) is 15.8 Å². The minimum Gasteiger partial charge on any atom is -0.491 e. The molecule has 0 saturated heterocycles. The number of aryl methyl sites for hydroxylation is 2. The molecule has 154 valence electrons. The van der Waals surface area contributed by atoms with E-state index in [9.17, 15) is 5.11 Å². The molecule has 0 fully saturated rings. The average Bonchev–Trinajstić information content (AvgIpc) is 2.97. The molecule has 1 aromatic carbocycles. The maximum Gasteiger partial charge on any atom is 0.191 e. The third-order valence-corrected chi connectivity index (χ3v) is 4.23. The maximum atomic E-state index is 10.5. The van der Waals surface area contributed by atoms with Crippen LogP contribution in [0.4, 0.5) is 0 Å². The van der Waals surface area contributed by atoms with Crippen molar-refractivity contribution in [3.63, 3.8) is 0 Å². The zero-order chi connectivity index (χ0) is 20.5. The van der Waals surface area contributed by atoms with Crippen LogP contribution in [0.2, 0.25) is 0 Å². The Morgan fingerprint density at radius 3 is 2.71 bits per heavy atom. The second-order valence-corrected chi connectivity index (χ2v) is 6.95. The molecule has 0 radical (unpaired) electrons. The van der Waals surface area contributed by atoms with E-state index in [1.54, 1.807) is 0 Å². The van der Waals surface area contributed by atoms with Crippen LogP contribution in [-0.2, 0) is 6.42 Å². The molecule has 1 atom stereocenters. The highest BCUT2D eigenvalue weighted by molar-refractivity contribution is 5.79. The Bertz CT molecular complexity index is 751. The normalized spacial score (nSPS) is 12.9. The number of nitrogens with zero attached hydrogens (tertiary/aromatic N) is 2. The summed E-state index contributed by atoms with van der Waals surface area (Å²) in [6.45, 7) is 11.5. The lowest BCUT2D eigenvalue weighted by Crippen LogP contribution is -2.38. The fourth-order valence-corrected chi connectivity index (χ4v) is 2.86. The molecule has 0 bridgehead atoms. The van der Waals surface area contributed by atoms with Gasteiger partial charge in [0.05, 0.1) is 24.4 Å². The zero-order valence-electron chi connectivity index (χ0n) is 17.5. The lowest BCUT2D eigenvalue weighted by Gasteiger charge is -2.15. The summed E-state index contributed by atoms with van der Waals surface area (Å²) in [4.78, 5) is 4.51. The van der Waals surface area contributed by atoms with E-state index >= 15 is 0 Å². The number of aliphatic hydroxyl groups is 1. The van der Waals surface area contributed by atoms with Gasteiger partial charge >= 0.3 is 0 Å². The van der Waals surface area contributed by atoms with Crippen molar-refractivity contribution in [2.45, 2.75) is 53.2 Å². The lowest BCUT2D eigenvalue weighted by atomic mass is 10.1. The Balaban J connectivity index is 1.94. The zero-order valence-corrected chi connectivity index (χ0v) is 17.5. The molecule has 0 aliphatic rings. The summed E-state index contributed by atoms with van der Waals surface area (Å²) >= 11 is 0. The molecule has 3 N–H and O–H groups in total. The highest BCUT2D eigenvalue weighted by atomic mass is 16.5. The van der Waals surface area contributed by atoms with Crippen LogP contribution >= 0.6 is 0 Å². The average molecular weight is 389 g/mol. The van der Waals surface area contributed by atoms with Crippen molar-refractivity contribution in [3.8, 4) is 5.75 Å². The van der Waals surface area contributed by atoms with Crippen LogP contribution < -0.4 is 15.4 Å². The molecule has 1 heterocycles. The number of guanidine groups is 1. The molecule has 0 aliphatic carbocycles. The van der Waals surface area contributed by atoms with Crippen LogP contribution in [0.1, 0.15) is 49.5 Å². The predicted octanol–water partition coefficient (Wildman–Crippen LogP) is 2.91. The van der Waals surface area contributed by atoms with E-state index in [0.29, 0.717) is 12.5 Å². The van der Waals surface area contributed by atoms with Crippen molar-refractivity contribution in [1.29, 1.82) is 0 Å². The van der Waals surface area contributed by atoms with Gasteiger partial charge in [-0.3, -0.25) is 4.99 Å². The summed E-state index contributed by atoms with van der Waals surface area (Å²) in [7, 11) is 0. The van der Waals surface area contributed by atoms with Crippen LogP contribution in [0.3, 0.4) is 0 Å². The molecular formula is C21H32N4O3. The van der Waals surface area contributed by atoms with E-state index < -0.39 is 6.10 Å². The monoisotopic (exact) mass is 388 g/mol. The number of aromatic nitrogens is 1. The van der Waals surface area contributed by atoms with Crippen molar-refractivity contribution in [2.75, 3.05) is 19.6 Å². The van der Waals surface area contributed by atoms with Crippen LogP contribution in [0.15, 0.2) is 33.8 Å². The Kier molecular flexibility index (Phi) is 8.32. The van der Waals surface area contributed by atoms with Gasteiger partial charge in [0.25, 0.3) is 0 Å². The molecule has 0 spiro atoms. The van der Waals surface area contributed by atoms with E-state index in [-0.39, 0.29) is 12.6 Å². The number of nitrogens with one attached hydrogen (secondary N) is 2. The molecular weight excluding hydrogens is 356 g/mol. The highest BCUT2D eigenvalue weighted by Crippen LogP contribution is 2.20. The van der Waals surface area contributed by atoms with Gasteiger partial charge in [0, 0.05) is 18.7 Å². The Hall–Kier alpha value is -2.54. The number of hydrogen-bond acceptors (Lipinski definition) is 5. The van der Waals surface area contributed by atoms with Gasteiger partial charge in [-0.1, -0.05) is 17.3 Å². The van der Waals surface area contributed by atoms with Crippen molar-refractivity contribution >= 4 is 5.96 Å². The number of hydrogen-bond donors (Lipinski definition) is 3. The van der Waals surface area contributed by atoms with Gasteiger partial charge in [-0.15, -0.1) is 0 Å². The fourth-order valence-electron chi connectivity index (χ4n) is 2.86. The number of rotatable bonds is 9. The molecule has 0 amide bonds. The number of aliphatic imine (C=N–C) groups is 1. The van der Waals surface area contributed by atoms with Gasteiger partial charge < -0.3 is 25.0 Å². The fraction of sp³-hybridized carbons (Fsp3) is 0.524. The largest absolute Gasteiger partial charge is 0.491 e. The summed E-state index contributed by atoms with van der Waals surface area (Å²) in [6, 6.07) is 7.51. The van der Waals surface area contributed by atoms with E-state index in [0.717, 1.165) is 41.3 Å². The van der Waals surface area contributed by atoms with Crippen LogP contribution in [-0.4, -0.2) is 42.0 Å². The highest BCUT2D eigenvalue weighted by Gasteiger charge is 2.11. The quantitative estimate of drug-likeness (QED) is 0.452. The Morgan fingerprint density at radius 2 is 2.07 bits per heavy atom. The van der Waals surface area contributed by atoms with E-state index in [1.165, 1.54) is 0 Å². The topological polar surface area (TPSA) is 91.9 Å². The van der Waals surface area contributed by atoms with Crippen molar-refractivity contribution < 1.29 is 14.4 Å². The van der Waals surface area contributed by atoms with E-state index in [1.807, 2.05) is 58.9 Å². The molecule has 28 heavy (non-hydrogen) atoms. The molecule has 2 rings (SSSR count). The lowest BCUT2D eigenvalue weighted by molar-refractivity contribution is 0.185. The smallest absolute Gasteiger partial charge is 0.191 e.